The summed E-state index contributed by atoms with van der Waals surface area (Å²) in [6, 6.07) is 3.80. The molecular formula is C23H23F2N5O4. The minimum atomic E-state index is -0.862. The van der Waals surface area contributed by atoms with Gasteiger partial charge in [0.25, 0.3) is 5.88 Å². The van der Waals surface area contributed by atoms with Gasteiger partial charge >= 0.3 is 6.09 Å². The predicted molar refractivity (Wildman–Crippen MR) is 116 cm³/mol. The zero-order chi connectivity index (χ0) is 23.9. The number of carbonyl (C=O) groups is 1. The van der Waals surface area contributed by atoms with Crippen LogP contribution in [0.5, 0.6) is 5.88 Å². The number of fused-ring (bicyclic) bond motifs is 2. The van der Waals surface area contributed by atoms with Gasteiger partial charge < -0.3 is 24.4 Å². The van der Waals surface area contributed by atoms with Crippen LogP contribution in [-0.4, -0.2) is 59.0 Å². The molecule has 3 aliphatic rings. The molecule has 2 aliphatic heterocycles. The molecule has 0 spiro atoms. The number of halogens is 2. The number of nitrogens with zero attached hydrogens (tertiary/aromatic N) is 4. The number of nitrogens with one attached hydrogen (secondary N) is 1. The van der Waals surface area contributed by atoms with Gasteiger partial charge in [-0.3, -0.25) is 0 Å². The topological polar surface area (TPSA) is 90.2 Å². The van der Waals surface area contributed by atoms with Crippen molar-refractivity contribution in [2.24, 2.45) is 11.8 Å². The monoisotopic (exact) mass is 471 g/mol. The fraction of sp³-hybridized carbons (Fsp3) is 0.478. The molecule has 0 radical (unpaired) electrons. The minimum Gasteiger partial charge on any atom is -0.471 e. The number of anilines is 2. The molecule has 34 heavy (non-hydrogen) atoms. The number of benzene rings is 1. The highest BCUT2D eigenvalue weighted by Crippen LogP contribution is 2.40. The molecule has 1 amide bonds. The summed E-state index contributed by atoms with van der Waals surface area (Å²) in [5.74, 6) is -2.45. The van der Waals surface area contributed by atoms with E-state index in [1.807, 2.05) is 6.92 Å². The Morgan fingerprint density at radius 2 is 2.00 bits per heavy atom. The number of hydrogen-bond acceptors (Lipinski definition) is 7. The third-order valence-electron chi connectivity index (χ3n) is 6.39. The van der Waals surface area contributed by atoms with Gasteiger partial charge in [0.1, 0.15) is 23.8 Å². The van der Waals surface area contributed by atoms with Crippen molar-refractivity contribution in [1.29, 1.82) is 0 Å². The van der Waals surface area contributed by atoms with E-state index in [2.05, 4.69) is 20.1 Å². The number of rotatable bonds is 5. The Morgan fingerprint density at radius 1 is 1.26 bits per heavy atom. The molecule has 1 saturated carbocycles. The molecule has 3 fully saturated rings. The van der Waals surface area contributed by atoms with E-state index >= 15 is 4.39 Å². The van der Waals surface area contributed by atoms with Crippen LogP contribution in [0.25, 0.3) is 4.85 Å². The second kappa shape index (κ2) is 8.68. The van der Waals surface area contributed by atoms with Gasteiger partial charge in [-0.15, -0.1) is 0 Å². The summed E-state index contributed by atoms with van der Waals surface area (Å²) >= 11 is 0. The van der Waals surface area contributed by atoms with Gasteiger partial charge in [-0.25, -0.2) is 19.0 Å². The lowest BCUT2D eigenvalue weighted by atomic mass is 9.84. The highest BCUT2D eigenvalue weighted by molar-refractivity contribution is 5.69. The first-order chi connectivity index (χ1) is 16.3. The summed E-state index contributed by atoms with van der Waals surface area (Å²) < 4.78 is 46.6. The molecule has 1 aromatic carbocycles. The summed E-state index contributed by atoms with van der Waals surface area (Å²) in [6.07, 6.45) is 2.10. The van der Waals surface area contributed by atoms with Crippen molar-refractivity contribution < 1.29 is 27.8 Å². The smallest absolute Gasteiger partial charge is 0.410 e. The molecule has 2 bridgehead atoms. The lowest BCUT2D eigenvalue weighted by molar-refractivity contribution is -0.112. The lowest BCUT2D eigenvalue weighted by Crippen LogP contribution is -2.59. The van der Waals surface area contributed by atoms with Crippen LogP contribution in [0.1, 0.15) is 19.8 Å². The second-order valence-corrected chi connectivity index (χ2v) is 9.11. The van der Waals surface area contributed by atoms with Crippen LogP contribution in [0.4, 0.5) is 30.8 Å². The molecule has 2 atom stereocenters. The van der Waals surface area contributed by atoms with Crippen LogP contribution in [0.15, 0.2) is 24.5 Å². The van der Waals surface area contributed by atoms with Crippen molar-refractivity contribution >= 4 is 23.3 Å². The molecule has 1 aliphatic carbocycles. The van der Waals surface area contributed by atoms with Crippen LogP contribution in [0, 0.1) is 30.0 Å². The summed E-state index contributed by atoms with van der Waals surface area (Å²) in [5.41, 5.74) is -0.262. The first kappa shape index (κ1) is 22.3. The second-order valence-electron chi connectivity index (χ2n) is 9.11. The average Bonchev–Trinajstić information content (AvgIpc) is 3.53. The third-order valence-corrected chi connectivity index (χ3v) is 6.39. The average molecular weight is 471 g/mol. The summed E-state index contributed by atoms with van der Waals surface area (Å²) in [4.78, 5) is 25.2. The minimum absolute atomic E-state index is 0.0302. The number of likely N-dealkylation sites (tertiary alicyclic amines) is 1. The number of hydrogen-bond donors (Lipinski definition) is 1. The number of aromatic nitrogens is 2. The molecule has 2 saturated heterocycles. The van der Waals surface area contributed by atoms with Gasteiger partial charge in [0.05, 0.1) is 25.5 Å². The predicted octanol–water partition coefficient (Wildman–Crippen LogP) is 4.06. The van der Waals surface area contributed by atoms with Crippen molar-refractivity contribution in [3.05, 3.63) is 47.6 Å². The Kier molecular flexibility index (Phi) is 5.69. The van der Waals surface area contributed by atoms with Crippen molar-refractivity contribution in [2.45, 2.75) is 31.5 Å². The molecule has 178 valence electrons. The normalized spacial score (nSPS) is 24.6. The molecule has 11 heteroatoms. The molecular weight excluding hydrogens is 448 g/mol. The van der Waals surface area contributed by atoms with Gasteiger partial charge in [-0.2, -0.15) is 9.37 Å². The van der Waals surface area contributed by atoms with Crippen molar-refractivity contribution in [3.63, 3.8) is 0 Å². The fourth-order valence-electron chi connectivity index (χ4n) is 4.25. The molecule has 2 aromatic rings. The van der Waals surface area contributed by atoms with E-state index in [9.17, 15) is 9.18 Å². The van der Waals surface area contributed by atoms with Crippen LogP contribution >= 0.6 is 0 Å². The molecule has 1 aromatic heterocycles. The molecule has 2 unspecified atom stereocenters. The zero-order valence-electron chi connectivity index (χ0n) is 18.5. The lowest BCUT2D eigenvalue weighted by Gasteiger charge is -2.46. The van der Waals surface area contributed by atoms with Crippen molar-refractivity contribution in [1.82, 2.24) is 14.9 Å². The molecule has 1 N–H and O–H groups in total. The molecule has 3 heterocycles. The number of carbonyl (C=O) groups excluding carboxylic acids is 1. The van der Waals surface area contributed by atoms with E-state index in [-0.39, 0.29) is 46.6 Å². The number of piperidine rings is 1. The third kappa shape index (κ3) is 4.46. The Hall–Kier alpha value is -3.52. The van der Waals surface area contributed by atoms with E-state index in [4.69, 9.17) is 20.8 Å². The van der Waals surface area contributed by atoms with Gasteiger partial charge in [-0.1, -0.05) is 6.07 Å². The standard InChI is InChI=1S/C23H23F2N5O4/c1-23(5-6-23)34-22(31)30-8-13-10-32-11-14(9-30)19(13)33-21-18(25)20(27-12-28-21)29-17-4-3-15(26-2)7-16(17)24/h3-4,7,12-14,19H,5-6,8-11H2,1H3,(H,27,28,29). The van der Waals surface area contributed by atoms with E-state index < -0.39 is 17.7 Å². The molecule has 9 nitrogen and oxygen atoms in total. The maximum absolute atomic E-state index is 15.2. The van der Waals surface area contributed by atoms with E-state index in [1.165, 1.54) is 12.1 Å². The summed E-state index contributed by atoms with van der Waals surface area (Å²) in [5, 5.41) is 2.59. The van der Waals surface area contributed by atoms with Crippen LogP contribution in [0.2, 0.25) is 0 Å². The number of ether oxygens (including phenoxy) is 3. The van der Waals surface area contributed by atoms with Crippen LogP contribution in [0.3, 0.4) is 0 Å². The first-order valence-electron chi connectivity index (χ1n) is 11.0. The Bertz CT molecular complexity index is 1140. The highest BCUT2D eigenvalue weighted by Gasteiger charge is 2.47. The van der Waals surface area contributed by atoms with Crippen LogP contribution in [-0.2, 0) is 9.47 Å². The summed E-state index contributed by atoms with van der Waals surface area (Å²) in [6.45, 7) is 10.3. The quantitative estimate of drug-likeness (QED) is 0.658. The highest BCUT2D eigenvalue weighted by atomic mass is 19.1. The Morgan fingerprint density at radius 3 is 2.65 bits per heavy atom. The van der Waals surface area contributed by atoms with Crippen molar-refractivity contribution in [2.75, 3.05) is 31.6 Å². The van der Waals surface area contributed by atoms with Gasteiger partial charge in [0.2, 0.25) is 5.82 Å². The van der Waals surface area contributed by atoms with E-state index in [0.29, 0.717) is 26.3 Å². The maximum Gasteiger partial charge on any atom is 0.410 e. The Balaban J connectivity index is 1.30. The maximum atomic E-state index is 15.2. The Labute approximate surface area is 194 Å². The van der Waals surface area contributed by atoms with E-state index in [0.717, 1.165) is 25.2 Å². The number of amides is 1. The van der Waals surface area contributed by atoms with Crippen molar-refractivity contribution in [3.8, 4) is 5.88 Å². The fourth-order valence-corrected chi connectivity index (χ4v) is 4.25. The van der Waals surface area contributed by atoms with Crippen LogP contribution < -0.4 is 10.1 Å². The SMILES string of the molecule is [C-]#[N+]c1ccc(Nc2ncnc(OC3C4COCC3CN(C(=O)OC3(C)CC3)C4)c2F)c(F)c1. The van der Waals surface area contributed by atoms with Gasteiger partial charge in [0, 0.05) is 24.9 Å². The van der Waals surface area contributed by atoms with Gasteiger partial charge in [0.15, 0.2) is 11.5 Å². The first-order valence-corrected chi connectivity index (χ1v) is 11.0. The van der Waals surface area contributed by atoms with E-state index in [1.54, 1.807) is 4.90 Å². The largest absolute Gasteiger partial charge is 0.471 e. The zero-order valence-corrected chi connectivity index (χ0v) is 18.5. The van der Waals surface area contributed by atoms with Gasteiger partial charge in [-0.05, 0) is 31.9 Å². The molecule has 5 rings (SSSR count). The summed E-state index contributed by atoms with van der Waals surface area (Å²) in [7, 11) is 0.